The smallest absolute Gasteiger partial charge is 0.338 e. The SMILES string of the molecule is CC(C)CCCC(C)C1CCC2C3C=CC4CC(OC(=O)c5cc(N)cc(N)c5)CCC45CCC(CC12C)C35. The van der Waals surface area contributed by atoms with Gasteiger partial charge in [-0.15, -0.1) is 0 Å². The highest BCUT2D eigenvalue weighted by molar-refractivity contribution is 5.91. The quantitative estimate of drug-likeness (QED) is 0.210. The Labute approximate surface area is 236 Å². The fourth-order valence-electron chi connectivity index (χ4n) is 11.1. The average molecular weight is 533 g/mol. The summed E-state index contributed by atoms with van der Waals surface area (Å²) in [6.07, 6.45) is 19.7. The summed E-state index contributed by atoms with van der Waals surface area (Å²) in [6, 6.07) is 5.03. The molecule has 214 valence electrons. The maximum Gasteiger partial charge on any atom is 0.338 e. The van der Waals surface area contributed by atoms with Gasteiger partial charge in [0, 0.05) is 11.4 Å². The number of carbonyl (C=O) groups is 1. The fourth-order valence-corrected chi connectivity index (χ4v) is 11.1. The van der Waals surface area contributed by atoms with E-state index in [2.05, 4.69) is 39.8 Å². The van der Waals surface area contributed by atoms with E-state index in [9.17, 15) is 4.79 Å². The lowest BCUT2D eigenvalue weighted by Gasteiger charge is -2.59. The van der Waals surface area contributed by atoms with Crippen LogP contribution in [0.3, 0.4) is 0 Å². The second-order valence-electron chi connectivity index (χ2n) is 15.1. The average Bonchev–Trinajstić information content (AvgIpc) is 3.41. The number of nitrogen functional groups attached to an aromatic ring is 2. The van der Waals surface area contributed by atoms with Gasteiger partial charge in [-0.05, 0) is 128 Å². The van der Waals surface area contributed by atoms with Gasteiger partial charge in [0.15, 0.2) is 0 Å². The van der Waals surface area contributed by atoms with Gasteiger partial charge in [-0.2, -0.15) is 0 Å². The lowest BCUT2D eigenvalue weighted by Crippen LogP contribution is -2.53. The van der Waals surface area contributed by atoms with Gasteiger partial charge in [0.25, 0.3) is 0 Å². The van der Waals surface area contributed by atoms with Crippen molar-refractivity contribution in [3.05, 3.63) is 35.9 Å². The summed E-state index contributed by atoms with van der Waals surface area (Å²) in [7, 11) is 0. The predicted molar refractivity (Wildman–Crippen MR) is 160 cm³/mol. The Balaban J connectivity index is 1.16. The summed E-state index contributed by atoms with van der Waals surface area (Å²) in [5, 5.41) is 0. The van der Waals surface area contributed by atoms with E-state index in [1.165, 1.54) is 57.8 Å². The molecule has 10 atom stereocenters. The van der Waals surface area contributed by atoms with Crippen molar-refractivity contribution in [1.82, 2.24) is 0 Å². The van der Waals surface area contributed by atoms with E-state index in [0.717, 1.165) is 54.3 Å². The number of allylic oxidation sites excluding steroid dienone is 2. The molecule has 0 saturated heterocycles. The van der Waals surface area contributed by atoms with Crippen molar-refractivity contribution < 1.29 is 9.53 Å². The number of rotatable bonds is 7. The topological polar surface area (TPSA) is 78.3 Å². The molecule has 0 bridgehead atoms. The van der Waals surface area contributed by atoms with Crippen molar-refractivity contribution in [1.29, 1.82) is 0 Å². The number of hydrogen-bond acceptors (Lipinski definition) is 4. The molecule has 0 aliphatic heterocycles. The number of fused-ring (bicyclic) bond motifs is 2. The maximum absolute atomic E-state index is 13.0. The number of carbonyl (C=O) groups excluding carboxylic acids is 1. The molecule has 0 amide bonds. The lowest BCUT2D eigenvalue weighted by atomic mass is 9.46. The van der Waals surface area contributed by atoms with Crippen LogP contribution in [0, 0.1) is 58.2 Å². The molecule has 0 heterocycles. The molecule has 4 saturated carbocycles. The van der Waals surface area contributed by atoms with Crippen LogP contribution in [0.2, 0.25) is 0 Å². The van der Waals surface area contributed by atoms with E-state index in [1.807, 2.05) is 0 Å². The Morgan fingerprint density at radius 3 is 2.49 bits per heavy atom. The van der Waals surface area contributed by atoms with Crippen LogP contribution in [0.4, 0.5) is 11.4 Å². The van der Waals surface area contributed by atoms with Crippen LogP contribution in [-0.4, -0.2) is 12.1 Å². The molecule has 5 aliphatic carbocycles. The number of nitrogens with two attached hydrogens (primary N) is 2. The van der Waals surface area contributed by atoms with E-state index in [1.54, 1.807) is 18.2 Å². The molecule has 10 unspecified atom stereocenters. The van der Waals surface area contributed by atoms with Gasteiger partial charge in [0.2, 0.25) is 0 Å². The van der Waals surface area contributed by atoms with Crippen molar-refractivity contribution in [3.63, 3.8) is 0 Å². The van der Waals surface area contributed by atoms with Crippen LogP contribution in [0.15, 0.2) is 30.4 Å². The molecule has 4 heteroatoms. The van der Waals surface area contributed by atoms with E-state index < -0.39 is 0 Å². The first-order valence-corrected chi connectivity index (χ1v) is 16.2. The molecule has 0 aromatic heterocycles. The number of anilines is 2. The standard InChI is InChI=1S/C35H52N2O2/c1-21(2)6-5-7-22(3)30-10-11-31-29-9-8-25-18-28(39-33(38)24-16-26(36)19-27(37)17-24)13-15-35(25)14-12-23(32(29)35)20-34(30,31)4/h8-9,16-17,19,21-23,25,28-32H,5-7,10-15,18,20,36-37H2,1-4H3. The molecule has 4 nitrogen and oxygen atoms in total. The second-order valence-corrected chi connectivity index (χ2v) is 15.1. The molecular weight excluding hydrogens is 480 g/mol. The number of hydrogen-bond donors (Lipinski definition) is 2. The zero-order chi connectivity index (χ0) is 27.5. The molecule has 4 fully saturated rings. The van der Waals surface area contributed by atoms with E-state index in [4.69, 9.17) is 16.2 Å². The highest BCUT2D eigenvalue weighted by Gasteiger charge is 2.65. The third-order valence-electron chi connectivity index (χ3n) is 12.6. The molecule has 5 aliphatic rings. The molecule has 1 aromatic rings. The molecule has 0 radical (unpaired) electrons. The second kappa shape index (κ2) is 10.1. The zero-order valence-corrected chi connectivity index (χ0v) is 24.8. The van der Waals surface area contributed by atoms with Crippen molar-refractivity contribution in [3.8, 4) is 0 Å². The minimum atomic E-state index is -0.287. The summed E-state index contributed by atoms with van der Waals surface area (Å²) in [5.41, 5.74) is 14.3. The summed E-state index contributed by atoms with van der Waals surface area (Å²) in [4.78, 5) is 13.0. The predicted octanol–water partition coefficient (Wildman–Crippen LogP) is 8.27. The largest absolute Gasteiger partial charge is 0.459 e. The first-order valence-electron chi connectivity index (χ1n) is 16.2. The fraction of sp³-hybridized carbons (Fsp3) is 0.743. The van der Waals surface area contributed by atoms with E-state index in [-0.39, 0.29) is 12.1 Å². The summed E-state index contributed by atoms with van der Waals surface area (Å²) in [6.45, 7) is 10.0. The summed E-state index contributed by atoms with van der Waals surface area (Å²) in [5.74, 6) is 6.16. The molecule has 39 heavy (non-hydrogen) atoms. The van der Waals surface area contributed by atoms with Crippen LogP contribution in [0.25, 0.3) is 0 Å². The van der Waals surface area contributed by atoms with Gasteiger partial charge in [-0.25, -0.2) is 4.79 Å². The number of benzene rings is 1. The Morgan fingerprint density at radius 2 is 1.74 bits per heavy atom. The summed E-state index contributed by atoms with van der Waals surface area (Å²) >= 11 is 0. The molecular formula is C35H52N2O2. The third-order valence-corrected chi connectivity index (χ3v) is 12.6. The molecule has 1 aromatic carbocycles. The number of esters is 1. The third kappa shape index (κ3) is 4.62. The van der Waals surface area contributed by atoms with Gasteiger partial charge >= 0.3 is 5.97 Å². The van der Waals surface area contributed by atoms with Gasteiger partial charge < -0.3 is 16.2 Å². The van der Waals surface area contributed by atoms with Crippen LogP contribution >= 0.6 is 0 Å². The highest BCUT2D eigenvalue weighted by atomic mass is 16.5. The molecule has 1 spiro atoms. The van der Waals surface area contributed by atoms with Gasteiger partial charge in [0.1, 0.15) is 6.10 Å². The Hall–Kier alpha value is -1.97. The van der Waals surface area contributed by atoms with Crippen molar-refractivity contribution in [2.24, 2.45) is 58.2 Å². The number of ether oxygens (including phenoxy) is 1. The minimum absolute atomic E-state index is 0.0209. The van der Waals surface area contributed by atoms with Crippen molar-refractivity contribution >= 4 is 17.3 Å². The van der Waals surface area contributed by atoms with Crippen molar-refractivity contribution in [2.75, 3.05) is 11.5 Å². The van der Waals surface area contributed by atoms with Crippen LogP contribution in [0.1, 0.15) is 109 Å². The van der Waals surface area contributed by atoms with Gasteiger partial charge in [-0.1, -0.05) is 59.1 Å². The molecule has 6 rings (SSSR count). The summed E-state index contributed by atoms with van der Waals surface area (Å²) < 4.78 is 6.06. The monoisotopic (exact) mass is 532 g/mol. The highest BCUT2D eigenvalue weighted by Crippen LogP contribution is 2.73. The van der Waals surface area contributed by atoms with E-state index >= 15 is 0 Å². The van der Waals surface area contributed by atoms with Crippen LogP contribution < -0.4 is 11.5 Å². The van der Waals surface area contributed by atoms with E-state index in [0.29, 0.717) is 33.7 Å². The Bertz CT molecular complexity index is 1090. The molecule has 4 N–H and O–H groups in total. The van der Waals surface area contributed by atoms with Crippen LogP contribution in [-0.2, 0) is 4.74 Å². The first-order chi connectivity index (χ1) is 18.6. The lowest BCUT2D eigenvalue weighted by molar-refractivity contribution is -0.0908. The minimum Gasteiger partial charge on any atom is -0.459 e. The van der Waals surface area contributed by atoms with Crippen molar-refractivity contribution in [2.45, 2.75) is 104 Å². The van der Waals surface area contributed by atoms with Gasteiger partial charge in [-0.3, -0.25) is 0 Å². The maximum atomic E-state index is 13.0. The first kappa shape index (κ1) is 27.2. The Morgan fingerprint density at radius 1 is 1.00 bits per heavy atom. The van der Waals surface area contributed by atoms with Gasteiger partial charge in [0.05, 0.1) is 5.56 Å². The Kier molecular flexibility index (Phi) is 7.08. The normalized spacial score (nSPS) is 41.1. The zero-order valence-electron chi connectivity index (χ0n) is 24.8. The van der Waals surface area contributed by atoms with Crippen LogP contribution in [0.5, 0.6) is 0 Å².